The van der Waals surface area contributed by atoms with Crippen molar-refractivity contribution in [3.05, 3.63) is 53.5 Å². The quantitative estimate of drug-likeness (QED) is 0.629. The molecule has 7 heteroatoms. The van der Waals surface area contributed by atoms with Gasteiger partial charge in [-0.25, -0.2) is 4.98 Å². The zero-order valence-corrected chi connectivity index (χ0v) is 16.8. The van der Waals surface area contributed by atoms with Gasteiger partial charge in [0.05, 0.1) is 28.9 Å². The molecule has 0 radical (unpaired) electrons. The van der Waals surface area contributed by atoms with E-state index in [1.54, 1.807) is 47.6 Å². The SMILES string of the molecule is CCN(CC(=O)Nc1cccc(OC)c1)C(=O)CCc1nc2ccccc2s1. The molecule has 28 heavy (non-hydrogen) atoms. The maximum atomic E-state index is 12.6. The van der Waals surface area contributed by atoms with Crippen molar-refractivity contribution in [1.29, 1.82) is 0 Å². The van der Waals surface area contributed by atoms with Gasteiger partial charge in [-0.2, -0.15) is 0 Å². The number of para-hydroxylation sites is 1. The van der Waals surface area contributed by atoms with Crippen molar-refractivity contribution in [2.45, 2.75) is 19.8 Å². The zero-order valence-electron chi connectivity index (χ0n) is 16.0. The lowest BCUT2D eigenvalue weighted by Crippen LogP contribution is -2.38. The molecule has 0 atom stereocenters. The molecule has 1 heterocycles. The Labute approximate surface area is 168 Å². The molecule has 146 valence electrons. The Kier molecular flexibility index (Phi) is 6.60. The van der Waals surface area contributed by atoms with E-state index in [0.29, 0.717) is 30.8 Å². The van der Waals surface area contributed by atoms with Gasteiger partial charge in [0, 0.05) is 31.1 Å². The third kappa shape index (κ3) is 5.07. The number of benzene rings is 2. The smallest absolute Gasteiger partial charge is 0.243 e. The van der Waals surface area contributed by atoms with Gasteiger partial charge >= 0.3 is 0 Å². The topological polar surface area (TPSA) is 71.5 Å². The first-order valence-corrected chi connectivity index (χ1v) is 9.97. The third-order valence-corrected chi connectivity index (χ3v) is 5.41. The normalized spacial score (nSPS) is 10.6. The molecule has 2 aromatic carbocycles. The van der Waals surface area contributed by atoms with E-state index < -0.39 is 0 Å². The van der Waals surface area contributed by atoms with Crippen molar-refractivity contribution >= 4 is 39.1 Å². The van der Waals surface area contributed by atoms with Gasteiger partial charge in [0.2, 0.25) is 11.8 Å². The number of aromatic nitrogens is 1. The maximum Gasteiger partial charge on any atom is 0.243 e. The first-order chi connectivity index (χ1) is 13.6. The second-order valence-corrected chi connectivity index (χ2v) is 7.38. The lowest BCUT2D eigenvalue weighted by molar-refractivity contribution is -0.134. The number of likely N-dealkylation sites (N-methyl/N-ethyl adjacent to an activating group) is 1. The molecule has 0 saturated heterocycles. The molecule has 0 bridgehead atoms. The molecule has 2 amide bonds. The van der Waals surface area contributed by atoms with Crippen LogP contribution in [0.2, 0.25) is 0 Å². The van der Waals surface area contributed by atoms with Crippen LogP contribution in [0.15, 0.2) is 48.5 Å². The number of amides is 2. The zero-order chi connectivity index (χ0) is 19.9. The summed E-state index contributed by atoms with van der Waals surface area (Å²) < 4.78 is 6.27. The highest BCUT2D eigenvalue weighted by Gasteiger charge is 2.16. The van der Waals surface area contributed by atoms with Crippen molar-refractivity contribution in [2.75, 3.05) is 25.5 Å². The van der Waals surface area contributed by atoms with E-state index in [1.165, 1.54) is 0 Å². The number of carbonyl (C=O) groups excluding carboxylic acids is 2. The molecule has 0 aliphatic carbocycles. The Morgan fingerprint density at radius 3 is 2.75 bits per heavy atom. The molecule has 3 rings (SSSR count). The minimum absolute atomic E-state index is 0.0202. The van der Waals surface area contributed by atoms with Gasteiger partial charge in [-0.3, -0.25) is 9.59 Å². The number of carbonyl (C=O) groups is 2. The number of nitrogens with one attached hydrogen (secondary N) is 1. The maximum absolute atomic E-state index is 12.6. The second kappa shape index (κ2) is 9.32. The standard InChI is InChI=1S/C21H23N3O3S/c1-3-24(14-19(25)22-15-7-6-8-16(13-15)27-2)21(26)12-11-20-23-17-9-4-5-10-18(17)28-20/h4-10,13H,3,11-12,14H2,1-2H3,(H,22,25). The van der Waals surface area contributed by atoms with Crippen LogP contribution in [0.3, 0.4) is 0 Å². The fraction of sp³-hybridized carbons (Fsp3) is 0.286. The fourth-order valence-corrected chi connectivity index (χ4v) is 3.82. The molecule has 0 fully saturated rings. The molecule has 6 nitrogen and oxygen atoms in total. The van der Waals surface area contributed by atoms with Crippen LogP contribution in [0.4, 0.5) is 5.69 Å². The number of nitrogens with zero attached hydrogens (tertiary/aromatic N) is 2. The molecule has 0 saturated carbocycles. The fourth-order valence-electron chi connectivity index (χ4n) is 2.85. The number of rotatable bonds is 8. The van der Waals surface area contributed by atoms with Crippen LogP contribution >= 0.6 is 11.3 Å². The molecule has 1 N–H and O–H groups in total. The van der Waals surface area contributed by atoms with Crippen LogP contribution in [-0.4, -0.2) is 41.9 Å². The van der Waals surface area contributed by atoms with Crippen molar-refractivity contribution in [3.8, 4) is 5.75 Å². The van der Waals surface area contributed by atoms with Crippen LogP contribution < -0.4 is 10.1 Å². The lowest BCUT2D eigenvalue weighted by Gasteiger charge is -2.20. The predicted octanol–water partition coefficient (Wildman–Crippen LogP) is 3.72. The molecule has 0 spiro atoms. The summed E-state index contributed by atoms with van der Waals surface area (Å²) in [5.41, 5.74) is 1.60. The first kappa shape index (κ1) is 19.8. The van der Waals surface area contributed by atoms with E-state index in [4.69, 9.17) is 4.74 Å². The average Bonchev–Trinajstić information content (AvgIpc) is 3.13. The molecular weight excluding hydrogens is 374 g/mol. The first-order valence-electron chi connectivity index (χ1n) is 9.15. The van der Waals surface area contributed by atoms with Gasteiger partial charge in [0.1, 0.15) is 5.75 Å². The van der Waals surface area contributed by atoms with Crippen molar-refractivity contribution in [1.82, 2.24) is 9.88 Å². The summed E-state index contributed by atoms with van der Waals surface area (Å²) in [5, 5.41) is 3.74. The summed E-state index contributed by atoms with van der Waals surface area (Å²) in [5.74, 6) is 0.378. The molecule has 0 aliphatic rings. The number of anilines is 1. The van der Waals surface area contributed by atoms with Crippen LogP contribution in [0.25, 0.3) is 10.2 Å². The summed E-state index contributed by atoms with van der Waals surface area (Å²) in [4.78, 5) is 31.0. The van der Waals surface area contributed by atoms with Crippen LogP contribution in [0.1, 0.15) is 18.4 Å². The molecule has 0 unspecified atom stereocenters. The summed E-state index contributed by atoms with van der Waals surface area (Å²) in [6.45, 7) is 2.37. The van der Waals surface area contributed by atoms with Gasteiger partial charge in [-0.1, -0.05) is 18.2 Å². The van der Waals surface area contributed by atoms with Crippen LogP contribution in [-0.2, 0) is 16.0 Å². The Balaban J connectivity index is 1.54. The van der Waals surface area contributed by atoms with Crippen LogP contribution in [0.5, 0.6) is 5.75 Å². The minimum Gasteiger partial charge on any atom is -0.497 e. The Bertz CT molecular complexity index is 937. The second-order valence-electron chi connectivity index (χ2n) is 6.26. The number of methoxy groups -OCH3 is 1. The lowest BCUT2D eigenvalue weighted by atomic mass is 10.2. The van der Waals surface area contributed by atoms with E-state index >= 15 is 0 Å². The van der Waals surface area contributed by atoms with Crippen molar-refractivity contribution < 1.29 is 14.3 Å². The Morgan fingerprint density at radius 2 is 2.00 bits per heavy atom. The van der Waals surface area contributed by atoms with Crippen LogP contribution in [0, 0.1) is 0 Å². The van der Waals surface area contributed by atoms with Gasteiger partial charge in [0.15, 0.2) is 0 Å². The number of fused-ring (bicyclic) bond motifs is 1. The Hall–Kier alpha value is -2.93. The summed E-state index contributed by atoms with van der Waals surface area (Å²) >= 11 is 1.60. The Morgan fingerprint density at radius 1 is 1.18 bits per heavy atom. The third-order valence-electron chi connectivity index (χ3n) is 4.31. The monoisotopic (exact) mass is 397 g/mol. The van der Waals surface area contributed by atoms with Gasteiger partial charge in [-0.15, -0.1) is 11.3 Å². The molecule has 1 aromatic heterocycles. The van der Waals surface area contributed by atoms with Crippen molar-refractivity contribution in [2.24, 2.45) is 0 Å². The average molecular weight is 398 g/mol. The van der Waals surface area contributed by atoms with E-state index in [0.717, 1.165) is 15.2 Å². The largest absolute Gasteiger partial charge is 0.497 e. The van der Waals surface area contributed by atoms with Gasteiger partial charge in [-0.05, 0) is 31.2 Å². The van der Waals surface area contributed by atoms with E-state index in [2.05, 4.69) is 10.3 Å². The van der Waals surface area contributed by atoms with E-state index in [9.17, 15) is 9.59 Å². The number of aryl methyl sites for hydroxylation is 1. The van der Waals surface area contributed by atoms with E-state index in [1.807, 2.05) is 31.2 Å². The van der Waals surface area contributed by atoms with E-state index in [-0.39, 0.29) is 18.4 Å². The number of hydrogen-bond donors (Lipinski definition) is 1. The summed E-state index contributed by atoms with van der Waals surface area (Å²) in [7, 11) is 1.57. The van der Waals surface area contributed by atoms with Gasteiger partial charge < -0.3 is 15.0 Å². The number of thiazole rings is 1. The highest BCUT2D eigenvalue weighted by molar-refractivity contribution is 7.18. The summed E-state index contributed by atoms with van der Waals surface area (Å²) in [6.07, 6.45) is 0.909. The molecule has 0 aliphatic heterocycles. The molecule has 3 aromatic rings. The van der Waals surface area contributed by atoms with Crippen molar-refractivity contribution in [3.63, 3.8) is 0 Å². The summed E-state index contributed by atoms with van der Waals surface area (Å²) in [6, 6.07) is 15.1. The molecular formula is C21H23N3O3S. The highest BCUT2D eigenvalue weighted by atomic mass is 32.1. The minimum atomic E-state index is -0.233. The number of ether oxygens (including phenoxy) is 1. The predicted molar refractivity (Wildman–Crippen MR) is 112 cm³/mol. The van der Waals surface area contributed by atoms with Gasteiger partial charge in [0.25, 0.3) is 0 Å². The highest BCUT2D eigenvalue weighted by Crippen LogP contribution is 2.22. The number of hydrogen-bond acceptors (Lipinski definition) is 5.